The molecule has 0 bridgehead atoms. The molecule has 18 heavy (non-hydrogen) atoms. The summed E-state index contributed by atoms with van der Waals surface area (Å²) in [5.41, 5.74) is 2.81. The molecule has 2 N–H and O–H groups in total. The van der Waals surface area contributed by atoms with Gasteiger partial charge in [0.2, 0.25) is 0 Å². The van der Waals surface area contributed by atoms with Crippen LogP contribution in [0.25, 0.3) is 0 Å². The SMILES string of the molecule is C=C[C@@]1(C(=O)OC(C)(C)C)C[C@]1(N)C(=O)OCC. The van der Waals surface area contributed by atoms with E-state index in [2.05, 4.69) is 6.58 Å². The Bertz CT molecular complexity index is 385. The third-order valence-corrected chi connectivity index (χ3v) is 2.98. The molecule has 0 aromatic carbocycles. The average Bonchev–Trinajstić information content (AvgIpc) is 2.85. The Balaban J connectivity index is 2.89. The quantitative estimate of drug-likeness (QED) is 0.602. The first-order chi connectivity index (χ1) is 8.13. The summed E-state index contributed by atoms with van der Waals surface area (Å²) < 4.78 is 10.2. The van der Waals surface area contributed by atoms with Gasteiger partial charge in [-0.05, 0) is 34.1 Å². The lowest BCUT2D eigenvalue weighted by Crippen LogP contribution is -2.44. The van der Waals surface area contributed by atoms with Crippen LogP contribution in [0, 0.1) is 5.41 Å². The van der Waals surface area contributed by atoms with Crippen LogP contribution in [0.1, 0.15) is 34.1 Å². The smallest absolute Gasteiger partial charge is 0.327 e. The molecule has 1 saturated carbocycles. The molecule has 0 amide bonds. The third kappa shape index (κ3) is 2.27. The first-order valence-electron chi connectivity index (χ1n) is 5.96. The van der Waals surface area contributed by atoms with Crippen molar-refractivity contribution in [1.29, 1.82) is 0 Å². The normalized spacial score (nSPS) is 30.5. The first-order valence-corrected chi connectivity index (χ1v) is 5.96. The minimum atomic E-state index is -1.34. The number of rotatable bonds is 4. The summed E-state index contributed by atoms with van der Waals surface area (Å²) >= 11 is 0. The maximum absolute atomic E-state index is 12.1. The second kappa shape index (κ2) is 4.39. The highest BCUT2D eigenvalue weighted by Crippen LogP contribution is 2.57. The number of nitrogens with two attached hydrogens (primary N) is 1. The molecule has 1 aliphatic carbocycles. The zero-order valence-electron chi connectivity index (χ0n) is 11.4. The molecule has 102 valence electrons. The van der Waals surface area contributed by atoms with E-state index < -0.39 is 28.5 Å². The Morgan fingerprint density at radius 1 is 1.39 bits per heavy atom. The van der Waals surface area contributed by atoms with E-state index >= 15 is 0 Å². The monoisotopic (exact) mass is 255 g/mol. The predicted molar refractivity (Wildman–Crippen MR) is 66.6 cm³/mol. The van der Waals surface area contributed by atoms with E-state index in [1.54, 1.807) is 27.7 Å². The largest absolute Gasteiger partial charge is 0.465 e. The molecule has 0 spiro atoms. The molecule has 0 aromatic heterocycles. The van der Waals surface area contributed by atoms with Crippen molar-refractivity contribution in [1.82, 2.24) is 0 Å². The molecule has 2 atom stereocenters. The fourth-order valence-electron chi connectivity index (χ4n) is 1.87. The van der Waals surface area contributed by atoms with Crippen molar-refractivity contribution in [2.24, 2.45) is 11.1 Å². The lowest BCUT2D eigenvalue weighted by Gasteiger charge is -2.24. The minimum absolute atomic E-state index is 0.178. The summed E-state index contributed by atoms with van der Waals surface area (Å²) in [6.45, 7) is 10.8. The molecule has 5 nitrogen and oxygen atoms in total. The Morgan fingerprint density at radius 3 is 2.33 bits per heavy atom. The molecule has 0 unspecified atom stereocenters. The Morgan fingerprint density at radius 2 is 1.94 bits per heavy atom. The van der Waals surface area contributed by atoms with Gasteiger partial charge in [-0.15, -0.1) is 6.58 Å². The second-order valence-corrected chi connectivity index (χ2v) is 5.55. The molecular formula is C13H21NO4. The van der Waals surface area contributed by atoms with E-state index in [0.29, 0.717) is 0 Å². The zero-order chi connectivity index (χ0) is 14.2. The molecule has 0 aliphatic heterocycles. The van der Waals surface area contributed by atoms with Crippen LogP contribution >= 0.6 is 0 Å². The molecule has 0 heterocycles. The van der Waals surface area contributed by atoms with Crippen molar-refractivity contribution in [3.8, 4) is 0 Å². The number of carbonyl (C=O) groups is 2. The average molecular weight is 255 g/mol. The summed E-state index contributed by atoms with van der Waals surface area (Å²) in [4.78, 5) is 23.9. The van der Waals surface area contributed by atoms with Gasteiger partial charge in [0.05, 0.1) is 6.61 Å². The van der Waals surface area contributed by atoms with Gasteiger partial charge in [-0.3, -0.25) is 9.59 Å². The van der Waals surface area contributed by atoms with Crippen molar-refractivity contribution < 1.29 is 19.1 Å². The van der Waals surface area contributed by atoms with Crippen molar-refractivity contribution in [2.75, 3.05) is 6.61 Å². The standard InChI is InChI=1S/C13H21NO4/c1-6-12(9(15)18-11(3,4)5)8-13(12,14)10(16)17-7-2/h6H,1,7-8,14H2,2-5H3/t12-,13-/m0/s1. The van der Waals surface area contributed by atoms with Gasteiger partial charge < -0.3 is 15.2 Å². The summed E-state index contributed by atoms with van der Waals surface area (Å²) in [6, 6.07) is 0. The van der Waals surface area contributed by atoms with Crippen molar-refractivity contribution in [2.45, 2.75) is 45.3 Å². The van der Waals surface area contributed by atoms with Crippen LogP contribution in [0.15, 0.2) is 12.7 Å². The van der Waals surface area contributed by atoms with E-state index in [-0.39, 0.29) is 13.0 Å². The Kier molecular flexibility index (Phi) is 3.58. The lowest BCUT2D eigenvalue weighted by atomic mass is 10.00. The van der Waals surface area contributed by atoms with Gasteiger partial charge in [-0.1, -0.05) is 6.08 Å². The topological polar surface area (TPSA) is 78.6 Å². The van der Waals surface area contributed by atoms with Crippen LogP contribution in [-0.2, 0) is 19.1 Å². The Labute approximate surface area is 107 Å². The van der Waals surface area contributed by atoms with Gasteiger partial charge in [0.25, 0.3) is 0 Å². The zero-order valence-corrected chi connectivity index (χ0v) is 11.4. The molecule has 0 aromatic rings. The highest BCUT2D eigenvalue weighted by atomic mass is 16.6. The highest BCUT2D eigenvalue weighted by molar-refractivity contribution is 5.99. The van der Waals surface area contributed by atoms with E-state index in [1.807, 2.05) is 0 Å². The lowest BCUT2D eigenvalue weighted by molar-refractivity contribution is -0.163. The predicted octanol–water partition coefficient (Wildman–Crippen LogP) is 1.16. The van der Waals surface area contributed by atoms with Gasteiger partial charge in [0, 0.05) is 0 Å². The summed E-state index contributed by atoms with van der Waals surface area (Å²) in [5, 5.41) is 0. The van der Waals surface area contributed by atoms with Gasteiger partial charge in [0.15, 0.2) is 0 Å². The fourth-order valence-corrected chi connectivity index (χ4v) is 1.87. The van der Waals surface area contributed by atoms with Gasteiger partial charge in [-0.2, -0.15) is 0 Å². The number of hydrogen-bond donors (Lipinski definition) is 1. The van der Waals surface area contributed by atoms with Crippen molar-refractivity contribution in [3.63, 3.8) is 0 Å². The summed E-state index contributed by atoms with van der Waals surface area (Å²) in [6.07, 6.45) is 1.56. The van der Waals surface area contributed by atoms with E-state index in [0.717, 1.165) is 0 Å². The molecular weight excluding hydrogens is 234 g/mol. The number of carbonyl (C=O) groups excluding carboxylic acids is 2. The maximum atomic E-state index is 12.1. The molecule has 1 fully saturated rings. The molecule has 1 aliphatic rings. The summed E-state index contributed by atoms with van der Waals surface area (Å²) in [5.74, 6) is -1.11. The van der Waals surface area contributed by atoms with E-state index in [4.69, 9.17) is 15.2 Å². The summed E-state index contributed by atoms with van der Waals surface area (Å²) in [7, 11) is 0. The van der Waals surface area contributed by atoms with Crippen LogP contribution in [0.3, 0.4) is 0 Å². The highest BCUT2D eigenvalue weighted by Gasteiger charge is 2.75. The molecule has 1 rings (SSSR count). The van der Waals surface area contributed by atoms with Crippen LogP contribution in [-0.4, -0.2) is 29.7 Å². The molecule has 5 heteroatoms. The van der Waals surface area contributed by atoms with Gasteiger partial charge in [0.1, 0.15) is 16.6 Å². The maximum Gasteiger partial charge on any atom is 0.327 e. The second-order valence-electron chi connectivity index (χ2n) is 5.55. The van der Waals surface area contributed by atoms with Gasteiger partial charge >= 0.3 is 11.9 Å². The van der Waals surface area contributed by atoms with Crippen molar-refractivity contribution in [3.05, 3.63) is 12.7 Å². The minimum Gasteiger partial charge on any atom is -0.465 e. The van der Waals surface area contributed by atoms with E-state index in [9.17, 15) is 9.59 Å². The van der Waals surface area contributed by atoms with Crippen LogP contribution in [0.4, 0.5) is 0 Å². The number of ether oxygens (including phenoxy) is 2. The Hall–Kier alpha value is -1.36. The van der Waals surface area contributed by atoms with Crippen molar-refractivity contribution >= 4 is 11.9 Å². The third-order valence-electron chi connectivity index (χ3n) is 2.98. The first kappa shape index (κ1) is 14.7. The van der Waals surface area contributed by atoms with Crippen LogP contribution in [0.2, 0.25) is 0 Å². The van der Waals surface area contributed by atoms with E-state index in [1.165, 1.54) is 6.08 Å². The number of hydrogen-bond acceptors (Lipinski definition) is 5. The fraction of sp³-hybridized carbons (Fsp3) is 0.692. The molecule has 0 saturated heterocycles. The molecule has 0 radical (unpaired) electrons. The van der Waals surface area contributed by atoms with Crippen LogP contribution in [0.5, 0.6) is 0 Å². The van der Waals surface area contributed by atoms with Gasteiger partial charge in [-0.25, -0.2) is 0 Å². The van der Waals surface area contributed by atoms with Crippen LogP contribution < -0.4 is 5.73 Å². The number of esters is 2.